The van der Waals surface area contributed by atoms with Gasteiger partial charge < -0.3 is 14.7 Å². The molecule has 0 radical (unpaired) electrons. The fourth-order valence-electron chi connectivity index (χ4n) is 3.19. The average molecular weight is 315 g/mol. The molecule has 1 aliphatic heterocycles. The summed E-state index contributed by atoms with van der Waals surface area (Å²) in [6.45, 7) is 0.624. The highest BCUT2D eigenvalue weighted by molar-refractivity contribution is 5.74. The Morgan fingerprint density at radius 3 is 2.39 bits per heavy atom. The maximum Gasteiger partial charge on any atom is 0.309 e. The van der Waals surface area contributed by atoms with Gasteiger partial charge in [0.1, 0.15) is 11.6 Å². The van der Waals surface area contributed by atoms with Crippen LogP contribution in [0.3, 0.4) is 0 Å². The number of halogens is 1. The summed E-state index contributed by atoms with van der Waals surface area (Å²) in [7, 11) is 1.59. The van der Waals surface area contributed by atoms with Gasteiger partial charge in [0, 0.05) is 12.2 Å². The van der Waals surface area contributed by atoms with Gasteiger partial charge >= 0.3 is 5.97 Å². The quantitative estimate of drug-likeness (QED) is 0.938. The van der Waals surface area contributed by atoms with Crippen LogP contribution in [-0.2, 0) is 4.79 Å². The molecule has 2 aromatic rings. The molecule has 0 amide bonds. The van der Waals surface area contributed by atoms with Gasteiger partial charge in [-0.3, -0.25) is 4.79 Å². The molecule has 120 valence electrons. The smallest absolute Gasteiger partial charge is 0.309 e. The van der Waals surface area contributed by atoms with E-state index in [1.165, 1.54) is 12.1 Å². The minimum Gasteiger partial charge on any atom is -0.497 e. The van der Waals surface area contributed by atoms with E-state index in [0.29, 0.717) is 13.0 Å². The van der Waals surface area contributed by atoms with Crippen LogP contribution in [0.15, 0.2) is 48.5 Å². The van der Waals surface area contributed by atoms with Crippen LogP contribution in [0, 0.1) is 11.7 Å². The number of ether oxygens (including phenoxy) is 1. The predicted molar refractivity (Wildman–Crippen MR) is 85.2 cm³/mol. The van der Waals surface area contributed by atoms with Crippen molar-refractivity contribution in [2.75, 3.05) is 18.6 Å². The molecule has 0 unspecified atom stereocenters. The lowest BCUT2D eigenvalue weighted by Crippen LogP contribution is -2.28. The van der Waals surface area contributed by atoms with Gasteiger partial charge in [-0.25, -0.2) is 4.39 Å². The summed E-state index contributed by atoms with van der Waals surface area (Å²) in [5.74, 6) is -0.875. The van der Waals surface area contributed by atoms with E-state index in [1.807, 2.05) is 29.2 Å². The van der Waals surface area contributed by atoms with Crippen molar-refractivity contribution in [1.29, 1.82) is 0 Å². The van der Waals surface area contributed by atoms with E-state index in [4.69, 9.17) is 4.74 Å². The molecule has 0 aliphatic carbocycles. The number of aliphatic carboxylic acids is 1. The fourth-order valence-corrected chi connectivity index (χ4v) is 3.19. The number of hydrogen-bond donors (Lipinski definition) is 1. The summed E-state index contributed by atoms with van der Waals surface area (Å²) in [5, 5.41) is 9.54. The van der Waals surface area contributed by atoms with E-state index in [0.717, 1.165) is 17.0 Å². The van der Waals surface area contributed by atoms with E-state index in [1.54, 1.807) is 19.2 Å². The summed E-state index contributed by atoms with van der Waals surface area (Å²) in [4.78, 5) is 13.7. The minimum absolute atomic E-state index is 0.274. The highest BCUT2D eigenvalue weighted by Gasteiger charge is 2.39. The number of anilines is 1. The minimum atomic E-state index is -0.810. The third-order valence-corrected chi connectivity index (χ3v) is 4.33. The molecule has 3 rings (SSSR count). The molecule has 0 saturated carbocycles. The Kier molecular flexibility index (Phi) is 4.19. The number of rotatable bonds is 4. The maximum atomic E-state index is 13.2. The first-order valence-corrected chi connectivity index (χ1v) is 7.49. The first-order chi connectivity index (χ1) is 11.1. The van der Waals surface area contributed by atoms with Crippen LogP contribution in [0.25, 0.3) is 0 Å². The third kappa shape index (κ3) is 2.99. The normalized spacial score (nSPS) is 20.5. The average Bonchev–Trinajstić information content (AvgIpc) is 3.01. The van der Waals surface area contributed by atoms with E-state index in [9.17, 15) is 14.3 Å². The fraction of sp³-hybridized carbons (Fsp3) is 0.278. The Morgan fingerprint density at radius 1 is 1.17 bits per heavy atom. The van der Waals surface area contributed by atoms with Gasteiger partial charge in [-0.2, -0.15) is 0 Å². The second-order valence-corrected chi connectivity index (χ2v) is 5.62. The van der Waals surface area contributed by atoms with Gasteiger partial charge in [0.15, 0.2) is 0 Å². The number of carbonyl (C=O) groups is 1. The molecule has 1 saturated heterocycles. The van der Waals surface area contributed by atoms with Gasteiger partial charge in [0.05, 0.1) is 19.1 Å². The van der Waals surface area contributed by atoms with Gasteiger partial charge in [0.25, 0.3) is 0 Å². The first kappa shape index (κ1) is 15.3. The molecular formula is C18H18FNO3. The van der Waals surface area contributed by atoms with Crippen LogP contribution in [0.1, 0.15) is 18.0 Å². The molecule has 1 heterocycles. The van der Waals surface area contributed by atoms with Gasteiger partial charge in [-0.15, -0.1) is 0 Å². The number of carboxylic acid groups (broad SMARTS) is 1. The van der Waals surface area contributed by atoms with Crippen LogP contribution < -0.4 is 9.64 Å². The number of methoxy groups -OCH3 is 1. The second kappa shape index (κ2) is 6.28. The van der Waals surface area contributed by atoms with E-state index in [2.05, 4.69) is 0 Å². The van der Waals surface area contributed by atoms with Gasteiger partial charge in [-0.1, -0.05) is 12.1 Å². The Labute approximate surface area is 134 Å². The van der Waals surface area contributed by atoms with Crippen molar-refractivity contribution in [2.24, 2.45) is 5.92 Å². The third-order valence-electron chi connectivity index (χ3n) is 4.33. The van der Waals surface area contributed by atoms with Crippen molar-refractivity contribution in [1.82, 2.24) is 0 Å². The topological polar surface area (TPSA) is 49.8 Å². The first-order valence-electron chi connectivity index (χ1n) is 7.49. The molecule has 0 aromatic heterocycles. The zero-order chi connectivity index (χ0) is 16.4. The van der Waals surface area contributed by atoms with Crippen molar-refractivity contribution in [2.45, 2.75) is 12.5 Å². The van der Waals surface area contributed by atoms with Crippen LogP contribution in [0.4, 0.5) is 10.1 Å². The van der Waals surface area contributed by atoms with Gasteiger partial charge in [0.2, 0.25) is 0 Å². The Hall–Kier alpha value is -2.56. The SMILES string of the molecule is COc1ccc([C@@H]2[C@@H](C(=O)O)CCN2c2ccc(F)cc2)cc1. The van der Waals surface area contributed by atoms with Crippen LogP contribution in [0.2, 0.25) is 0 Å². The molecule has 0 bridgehead atoms. The Balaban J connectivity index is 1.97. The Morgan fingerprint density at radius 2 is 1.83 bits per heavy atom. The van der Waals surface area contributed by atoms with Gasteiger partial charge in [-0.05, 0) is 48.4 Å². The maximum absolute atomic E-state index is 13.2. The highest BCUT2D eigenvalue weighted by atomic mass is 19.1. The molecule has 2 atom stereocenters. The molecular weight excluding hydrogens is 297 g/mol. The number of nitrogens with zero attached hydrogens (tertiary/aromatic N) is 1. The standard InChI is InChI=1S/C18H18FNO3/c1-23-15-8-2-12(3-9-15)17-16(18(21)22)10-11-20(17)14-6-4-13(19)5-7-14/h2-9,16-17H,10-11H2,1H3,(H,21,22)/t16-,17+/m0/s1. The number of benzene rings is 2. The van der Waals surface area contributed by atoms with E-state index in [-0.39, 0.29) is 11.9 Å². The highest BCUT2D eigenvalue weighted by Crippen LogP contribution is 2.41. The van der Waals surface area contributed by atoms with Crippen molar-refractivity contribution < 1.29 is 19.0 Å². The lowest BCUT2D eigenvalue weighted by molar-refractivity contribution is -0.141. The zero-order valence-electron chi connectivity index (χ0n) is 12.8. The number of carboxylic acids is 1. The lowest BCUT2D eigenvalue weighted by atomic mass is 9.93. The summed E-state index contributed by atoms with van der Waals surface area (Å²) in [6, 6.07) is 13.3. The summed E-state index contributed by atoms with van der Waals surface area (Å²) >= 11 is 0. The van der Waals surface area contributed by atoms with Crippen LogP contribution >= 0.6 is 0 Å². The molecule has 2 aromatic carbocycles. The number of hydrogen-bond acceptors (Lipinski definition) is 3. The van der Waals surface area contributed by atoms with Crippen LogP contribution in [-0.4, -0.2) is 24.7 Å². The second-order valence-electron chi connectivity index (χ2n) is 5.62. The molecule has 1 aliphatic rings. The molecule has 1 fully saturated rings. The largest absolute Gasteiger partial charge is 0.497 e. The van der Waals surface area contributed by atoms with E-state index >= 15 is 0 Å². The van der Waals surface area contributed by atoms with Crippen molar-refractivity contribution in [3.05, 3.63) is 59.9 Å². The van der Waals surface area contributed by atoms with Crippen LogP contribution in [0.5, 0.6) is 5.75 Å². The van der Waals surface area contributed by atoms with Crippen molar-refractivity contribution >= 4 is 11.7 Å². The lowest BCUT2D eigenvalue weighted by Gasteiger charge is -2.29. The van der Waals surface area contributed by atoms with E-state index < -0.39 is 11.9 Å². The summed E-state index contributed by atoms with van der Waals surface area (Å²) < 4.78 is 18.3. The summed E-state index contributed by atoms with van der Waals surface area (Å²) in [5.41, 5.74) is 1.75. The zero-order valence-corrected chi connectivity index (χ0v) is 12.8. The molecule has 0 spiro atoms. The Bertz CT molecular complexity index is 684. The summed E-state index contributed by atoms with van der Waals surface area (Å²) in [6.07, 6.45) is 0.559. The van der Waals surface area contributed by atoms with Crippen molar-refractivity contribution in [3.63, 3.8) is 0 Å². The predicted octanol–water partition coefficient (Wildman–Crippen LogP) is 3.49. The van der Waals surface area contributed by atoms with Crippen molar-refractivity contribution in [3.8, 4) is 5.75 Å². The molecule has 4 nitrogen and oxygen atoms in total. The molecule has 23 heavy (non-hydrogen) atoms. The molecule has 1 N–H and O–H groups in total. The monoisotopic (exact) mass is 315 g/mol. The molecule has 5 heteroatoms.